The van der Waals surface area contributed by atoms with E-state index in [1.165, 1.54) is 17.0 Å². The van der Waals surface area contributed by atoms with Gasteiger partial charge in [0.2, 0.25) is 5.91 Å². The van der Waals surface area contributed by atoms with Crippen LogP contribution in [0, 0.1) is 0 Å². The van der Waals surface area contributed by atoms with Gasteiger partial charge in [0.25, 0.3) is 0 Å². The first-order chi connectivity index (χ1) is 11.1. The van der Waals surface area contributed by atoms with E-state index in [0.29, 0.717) is 13.0 Å². The number of carbonyl (C=O) groups excluding carboxylic acids is 1. The first-order valence-corrected chi connectivity index (χ1v) is 9.35. The molecule has 5 nitrogen and oxygen atoms in total. The van der Waals surface area contributed by atoms with Crippen molar-refractivity contribution in [3.8, 4) is 0 Å². The maximum Gasteiger partial charge on any atom is 0.416 e. The molecule has 1 aromatic rings. The van der Waals surface area contributed by atoms with E-state index < -0.39 is 21.6 Å². The number of amides is 1. The standard InChI is InChI=1S/C15H19F3N2O3S/c1-2-20(13-6-7-24(22,23)10-13)14(21)9-19-12-5-3-4-11(8-12)15(16,17)18/h3-5,8,13,19H,2,6-7,9-10H2,1H3. The summed E-state index contributed by atoms with van der Waals surface area (Å²) in [6.45, 7) is 1.90. The third-order valence-corrected chi connectivity index (χ3v) is 5.69. The molecule has 1 unspecified atom stereocenters. The van der Waals surface area contributed by atoms with Crippen LogP contribution >= 0.6 is 0 Å². The first-order valence-electron chi connectivity index (χ1n) is 7.53. The summed E-state index contributed by atoms with van der Waals surface area (Å²) >= 11 is 0. The van der Waals surface area contributed by atoms with Crippen LogP contribution < -0.4 is 5.32 Å². The number of hydrogen-bond acceptors (Lipinski definition) is 4. The number of carbonyl (C=O) groups is 1. The summed E-state index contributed by atoms with van der Waals surface area (Å²) < 4.78 is 61.1. The third-order valence-electron chi connectivity index (χ3n) is 3.94. The molecule has 1 aliphatic rings. The normalized spacial score (nSPS) is 19.9. The van der Waals surface area contributed by atoms with Gasteiger partial charge in [0.15, 0.2) is 9.84 Å². The zero-order valence-electron chi connectivity index (χ0n) is 13.1. The Hall–Kier alpha value is -1.77. The topological polar surface area (TPSA) is 66.5 Å². The minimum atomic E-state index is -4.45. The van der Waals surface area contributed by atoms with Crippen LogP contribution in [0.1, 0.15) is 18.9 Å². The van der Waals surface area contributed by atoms with Crippen molar-refractivity contribution in [2.45, 2.75) is 25.6 Å². The SMILES string of the molecule is CCN(C(=O)CNc1cccc(C(F)(F)F)c1)C1CCS(=O)(=O)C1. The summed E-state index contributed by atoms with van der Waals surface area (Å²) in [5.41, 5.74) is -0.609. The van der Waals surface area contributed by atoms with Crippen LogP contribution in [0.2, 0.25) is 0 Å². The molecule has 2 rings (SSSR count). The first kappa shape index (κ1) is 18.6. The van der Waals surface area contributed by atoms with Crippen LogP contribution in [0.25, 0.3) is 0 Å². The average Bonchev–Trinajstić information content (AvgIpc) is 2.85. The fourth-order valence-corrected chi connectivity index (χ4v) is 4.47. The van der Waals surface area contributed by atoms with Gasteiger partial charge in [-0.3, -0.25) is 4.79 Å². The van der Waals surface area contributed by atoms with Crippen molar-refractivity contribution < 1.29 is 26.4 Å². The molecule has 1 fully saturated rings. The smallest absolute Gasteiger partial charge is 0.376 e. The van der Waals surface area contributed by atoms with Crippen molar-refractivity contribution in [1.82, 2.24) is 4.90 Å². The van der Waals surface area contributed by atoms with E-state index in [2.05, 4.69) is 5.32 Å². The summed E-state index contributed by atoms with van der Waals surface area (Å²) in [4.78, 5) is 13.7. The number of nitrogens with zero attached hydrogens (tertiary/aromatic N) is 1. The van der Waals surface area contributed by atoms with Crippen LogP contribution in [-0.4, -0.2) is 49.9 Å². The second kappa shape index (κ2) is 7.00. The molecule has 1 heterocycles. The van der Waals surface area contributed by atoms with Crippen molar-refractivity contribution >= 4 is 21.4 Å². The Morgan fingerprint density at radius 2 is 2.08 bits per heavy atom. The van der Waals surface area contributed by atoms with E-state index in [1.54, 1.807) is 6.92 Å². The van der Waals surface area contributed by atoms with E-state index >= 15 is 0 Å². The van der Waals surface area contributed by atoms with Crippen molar-refractivity contribution in [1.29, 1.82) is 0 Å². The Morgan fingerprint density at radius 1 is 1.38 bits per heavy atom. The zero-order valence-corrected chi connectivity index (χ0v) is 14.0. The highest BCUT2D eigenvalue weighted by molar-refractivity contribution is 7.91. The Balaban J connectivity index is 1.99. The van der Waals surface area contributed by atoms with E-state index in [-0.39, 0.29) is 35.7 Å². The van der Waals surface area contributed by atoms with Crippen molar-refractivity contribution in [2.75, 3.05) is 29.9 Å². The molecule has 1 amide bonds. The van der Waals surface area contributed by atoms with Crippen LogP contribution in [0.3, 0.4) is 0 Å². The van der Waals surface area contributed by atoms with Gasteiger partial charge in [0, 0.05) is 18.3 Å². The fourth-order valence-electron chi connectivity index (χ4n) is 2.74. The summed E-state index contributed by atoms with van der Waals surface area (Å²) in [5.74, 6) is -0.337. The maximum absolute atomic E-state index is 12.7. The Bertz CT molecular complexity index is 704. The van der Waals surface area contributed by atoms with E-state index in [0.717, 1.165) is 12.1 Å². The Morgan fingerprint density at radius 3 is 2.62 bits per heavy atom. The monoisotopic (exact) mass is 364 g/mol. The molecule has 1 aliphatic heterocycles. The van der Waals surface area contributed by atoms with Crippen molar-refractivity contribution in [3.63, 3.8) is 0 Å². The molecule has 134 valence electrons. The van der Waals surface area contributed by atoms with Crippen LogP contribution in [0.5, 0.6) is 0 Å². The Kier molecular flexibility index (Phi) is 5.42. The number of rotatable bonds is 5. The average molecular weight is 364 g/mol. The quantitative estimate of drug-likeness (QED) is 0.870. The van der Waals surface area contributed by atoms with E-state index in [1.807, 2.05) is 0 Å². The van der Waals surface area contributed by atoms with Crippen molar-refractivity contribution in [3.05, 3.63) is 29.8 Å². The molecule has 0 spiro atoms. The number of likely N-dealkylation sites (N-methyl/N-ethyl adjacent to an activating group) is 1. The number of alkyl halides is 3. The predicted octanol–water partition coefficient (Wildman–Crippen LogP) is 2.15. The van der Waals surface area contributed by atoms with Crippen LogP contribution in [-0.2, 0) is 20.8 Å². The highest BCUT2D eigenvalue weighted by atomic mass is 32.2. The molecule has 1 atom stereocenters. The molecule has 0 radical (unpaired) electrons. The molecule has 0 saturated carbocycles. The molecule has 0 aliphatic carbocycles. The largest absolute Gasteiger partial charge is 0.416 e. The van der Waals surface area contributed by atoms with Gasteiger partial charge < -0.3 is 10.2 Å². The van der Waals surface area contributed by atoms with Gasteiger partial charge in [-0.15, -0.1) is 0 Å². The lowest BCUT2D eigenvalue weighted by atomic mass is 10.2. The molecule has 1 aromatic carbocycles. The fraction of sp³-hybridized carbons (Fsp3) is 0.533. The molecule has 0 aromatic heterocycles. The van der Waals surface area contributed by atoms with Crippen molar-refractivity contribution in [2.24, 2.45) is 0 Å². The lowest BCUT2D eigenvalue weighted by Gasteiger charge is -2.27. The predicted molar refractivity (Wildman–Crippen MR) is 84.4 cm³/mol. The zero-order chi connectivity index (χ0) is 18.0. The molecule has 24 heavy (non-hydrogen) atoms. The molecular formula is C15H19F3N2O3S. The number of benzene rings is 1. The highest BCUT2D eigenvalue weighted by Crippen LogP contribution is 2.30. The van der Waals surface area contributed by atoms with Gasteiger partial charge in [-0.25, -0.2) is 8.42 Å². The van der Waals surface area contributed by atoms with Gasteiger partial charge in [-0.1, -0.05) is 6.07 Å². The van der Waals surface area contributed by atoms with Gasteiger partial charge in [0.05, 0.1) is 23.6 Å². The second-order valence-corrected chi connectivity index (χ2v) is 7.90. The van der Waals surface area contributed by atoms with Crippen LogP contribution in [0.15, 0.2) is 24.3 Å². The third kappa shape index (κ3) is 4.62. The summed E-state index contributed by atoms with van der Waals surface area (Å²) in [7, 11) is -3.11. The van der Waals surface area contributed by atoms with E-state index in [4.69, 9.17) is 0 Å². The number of nitrogens with one attached hydrogen (secondary N) is 1. The number of anilines is 1. The summed E-state index contributed by atoms with van der Waals surface area (Å²) in [6.07, 6.45) is -4.05. The second-order valence-electron chi connectivity index (χ2n) is 5.67. The minimum absolute atomic E-state index is 0.0580. The summed E-state index contributed by atoms with van der Waals surface area (Å²) in [6, 6.07) is 4.23. The van der Waals surface area contributed by atoms with E-state index in [9.17, 15) is 26.4 Å². The lowest BCUT2D eigenvalue weighted by molar-refractivity contribution is -0.137. The van der Waals surface area contributed by atoms with Gasteiger partial charge in [-0.05, 0) is 31.5 Å². The number of halogens is 3. The lowest BCUT2D eigenvalue weighted by Crippen LogP contribution is -2.43. The molecule has 1 N–H and O–H groups in total. The Labute approximate surface area is 138 Å². The van der Waals surface area contributed by atoms with Gasteiger partial charge in [-0.2, -0.15) is 13.2 Å². The van der Waals surface area contributed by atoms with Gasteiger partial charge in [0.1, 0.15) is 0 Å². The molecule has 9 heteroatoms. The number of sulfone groups is 1. The minimum Gasteiger partial charge on any atom is -0.376 e. The highest BCUT2D eigenvalue weighted by Gasteiger charge is 2.34. The van der Waals surface area contributed by atoms with Gasteiger partial charge >= 0.3 is 6.18 Å². The van der Waals surface area contributed by atoms with Crippen LogP contribution in [0.4, 0.5) is 18.9 Å². The molecule has 0 bridgehead atoms. The number of hydrogen-bond donors (Lipinski definition) is 1. The molecule has 1 saturated heterocycles. The maximum atomic E-state index is 12.7. The summed E-state index contributed by atoms with van der Waals surface area (Å²) in [5, 5.41) is 2.68. The molecular weight excluding hydrogens is 345 g/mol.